The van der Waals surface area contributed by atoms with Gasteiger partial charge in [0.25, 0.3) is 0 Å². The van der Waals surface area contributed by atoms with Crippen molar-refractivity contribution in [1.29, 1.82) is 0 Å². The number of nitrogens with two attached hydrogens (primary N) is 1. The molecule has 0 aromatic heterocycles. The van der Waals surface area contributed by atoms with Crippen LogP contribution in [0.3, 0.4) is 0 Å². The molecule has 0 bridgehead atoms. The molecule has 0 spiro atoms. The molecule has 0 aliphatic carbocycles. The predicted molar refractivity (Wildman–Crippen MR) is 66.8 cm³/mol. The predicted octanol–water partition coefficient (Wildman–Crippen LogP) is 2.09. The second kappa shape index (κ2) is 7.29. The molecule has 0 atom stereocenters. The Bertz CT molecular complexity index is 251. The molecule has 0 heterocycles. The maximum atomic E-state index is 5.36. The van der Waals surface area contributed by atoms with Crippen molar-refractivity contribution in [2.24, 2.45) is 5.73 Å². The number of thioether (sulfide) groups is 1. The summed E-state index contributed by atoms with van der Waals surface area (Å²) < 4.78 is 1.13. The van der Waals surface area contributed by atoms with Gasteiger partial charge in [0, 0.05) is 34.8 Å². The van der Waals surface area contributed by atoms with E-state index in [0.717, 1.165) is 23.3 Å². The lowest BCUT2D eigenvalue weighted by Gasteiger charge is -2.03. The van der Waals surface area contributed by atoms with Crippen LogP contribution in [0.1, 0.15) is 0 Å². The third-order valence-electron chi connectivity index (χ3n) is 1.68. The summed E-state index contributed by atoms with van der Waals surface area (Å²) in [5.41, 5.74) is 5.36. The van der Waals surface area contributed by atoms with Crippen LogP contribution in [-0.4, -0.2) is 25.4 Å². The van der Waals surface area contributed by atoms with E-state index in [-0.39, 0.29) is 0 Å². The van der Waals surface area contributed by atoms with Gasteiger partial charge in [0.2, 0.25) is 0 Å². The van der Waals surface area contributed by atoms with E-state index in [1.807, 2.05) is 11.8 Å². The van der Waals surface area contributed by atoms with E-state index in [2.05, 4.69) is 45.5 Å². The maximum absolute atomic E-state index is 5.36. The van der Waals surface area contributed by atoms with Gasteiger partial charge in [-0.25, -0.2) is 0 Å². The average molecular weight is 275 g/mol. The van der Waals surface area contributed by atoms with Gasteiger partial charge in [-0.15, -0.1) is 11.8 Å². The lowest BCUT2D eigenvalue weighted by molar-refractivity contribution is 0.729. The maximum Gasteiger partial charge on any atom is 0.0176 e. The van der Waals surface area contributed by atoms with E-state index < -0.39 is 0 Å². The van der Waals surface area contributed by atoms with Crippen LogP contribution in [0.15, 0.2) is 33.6 Å². The summed E-state index contributed by atoms with van der Waals surface area (Å²) in [6.45, 7) is 2.63. The number of hydrogen-bond donors (Lipinski definition) is 2. The topological polar surface area (TPSA) is 38.0 Å². The van der Waals surface area contributed by atoms with Gasteiger partial charge in [-0.1, -0.05) is 15.9 Å². The van der Waals surface area contributed by atoms with Gasteiger partial charge in [-0.05, 0) is 24.3 Å². The number of rotatable bonds is 6. The molecule has 14 heavy (non-hydrogen) atoms. The van der Waals surface area contributed by atoms with E-state index in [1.54, 1.807) is 0 Å². The summed E-state index contributed by atoms with van der Waals surface area (Å²) in [6.07, 6.45) is 0. The van der Waals surface area contributed by atoms with Gasteiger partial charge in [-0.3, -0.25) is 0 Å². The van der Waals surface area contributed by atoms with Crippen molar-refractivity contribution in [1.82, 2.24) is 5.32 Å². The van der Waals surface area contributed by atoms with E-state index in [0.29, 0.717) is 6.54 Å². The van der Waals surface area contributed by atoms with Gasteiger partial charge in [0.1, 0.15) is 0 Å². The first kappa shape index (κ1) is 12.0. The first-order chi connectivity index (χ1) is 6.83. The molecular formula is C10H15BrN2S. The SMILES string of the molecule is NCCNCCSc1ccc(Br)cc1. The van der Waals surface area contributed by atoms with Gasteiger partial charge < -0.3 is 11.1 Å². The Morgan fingerprint density at radius 3 is 2.57 bits per heavy atom. The summed E-state index contributed by atoms with van der Waals surface area (Å²) in [7, 11) is 0. The van der Waals surface area contributed by atoms with Crippen molar-refractivity contribution < 1.29 is 0 Å². The minimum Gasteiger partial charge on any atom is -0.329 e. The fourth-order valence-electron chi connectivity index (χ4n) is 0.999. The Morgan fingerprint density at radius 2 is 1.93 bits per heavy atom. The third-order valence-corrected chi connectivity index (χ3v) is 3.22. The normalized spacial score (nSPS) is 10.4. The average Bonchev–Trinajstić information content (AvgIpc) is 2.21. The molecule has 0 fully saturated rings. The minimum absolute atomic E-state index is 0.711. The van der Waals surface area contributed by atoms with Crippen molar-refractivity contribution >= 4 is 27.7 Å². The van der Waals surface area contributed by atoms with Crippen molar-refractivity contribution in [3.8, 4) is 0 Å². The van der Waals surface area contributed by atoms with Crippen LogP contribution in [0.4, 0.5) is 0 Å². The highest BCUT2D eigenvalue weighted by Gasteiger charge is 1.93. The van der Waals surface area contributed by atoms with Crippen LogP contribution in [0.2, 0.25) is 0 Å². The number of nitrogens with one attached hydrogen (secondary N) is 1. The molecular weight excluding hydrogens is 260 g/mol. The van der Waals surface area contributed by atoms with Gasteiger partial charge in [-0.2, -0.15) is 0 Å². The van der Waals surface area contributed by atoms with Crippen LogP contribution >= 0.6 is 27.7 Å². The van der Waals surface area contributed by atoms with Crippen LogP contribution in [0.25, 0.3) is 0 Å². The molecule has 1 rings (SSSR count). The Kier molecular flexibility index (Phi) is 6.27. The zero-order valence-electron chi connectivity index (χ0n) is 8.00. The minimum atomic E-state index is 0.711. The molecule has 0 aliphatic rings. The number of hydrogen-bond acceptors (Lipinski definition) is 3. The van der Waals surface area contributed by atoms with Crippen LogP contribution in [0.5, 0.6) is 0 Å². The Labute approximate surface area is 97.8 Å². The smallest absolute Gasteiger partial charge is 0.0176 e. The zero-order chi connectivity index (χ0) is 10.2. The second-order valence-electron chi connectivity index (χ2n) is 2.84. The molecule has 0 saturated carbocycles. The van der Waals surface area contributed by atoms with Crippen molar-refractivity contribution in [3.05, 3.63) is 28.7 Å². The molecule has 1 aromatic carbocycles. The first-order valence-corrected chi connectivity index (χ1v) is 6.40. The molecule has 2 nitrogen and oxygen atoms in total. The quantitative estimate of drug-likeness (QED) is 0.616. The molecule has 0 radical (unpaired) electrons. The highest BCUT2D eigenvalue weighted by Crippen LogP contribution is 2.19. The summed E-state index contributed by atoms with van der Waals surface area (Å²) in [5, 5.41) is 3.26. The molecule has 0 aliphatic heterocycles. The van der Waals surface area contributed by atoms with Crippen molar-refractivity contribution in [2.45, 2.75) is 4.90 Å². The number of halogens is 1. The Balaban J connectivity index is 2.15. The lowest BCUT2D eigenvalue weighted by atomic mass is 10.4. The van der Waals surface area contributed by atoms with Gasteiger partial charge >= 0.3 is 0 Å². The Morgan fingerprint density at radius 1 is 1.21 bits per heavy atom. The molecule has 3 N–H and O–H groups in total. The molecule has 0 amide bonds. The van der Waals surface area contributed by atoms with Gasteiger partial charge in [0.05, 0.1) is 0 Å². The molecule has 4 heteroatoms. The molecule has 78 valence electrons. The molecule has 1 aromatic rings. The fraction of sp³-hybridized carbons (Fsp3) is 0.400. The van der Waals surface area contributed by atoms with Crippen LogP contribution in [0, 0.1) is 0 Å². The van der Waals surface area contributed by atoms with Crippen molar-refractivity contribution in [3.63, 3.8) is 0 Å². The summed E-state index contributed by atoms with van der Waals surface area (Å²) in [5.74, 6) is 1.08. The number of benzene rings is 1. The first-order valence-electron chi connectivity index (χ1n) is 4.62. The van der Waals surface area contributed by atoms with E-state index in [1.165, 1.54) is 4.90 Å². The second-order valence-corrected chi connectivity index (χ2v) is 4.93. The third kappa shape index (κ3) is 5.00. The largest absolute Gasteiger partial charge is 0.329 e. The fourth-order valence-corrected chi connectivity index (χ4v) is 2.07. The molecule has 0 unspecified atom stereocenters. The summed E-state index contributed by atoms with van der Waals surface area (Å²) in [4.78, 5) is 1.31. The highest BCUT2D eigenvalue weighted by atomic mass is 79.9. The van der Waals surface area contributed by atoms with Crippen LogP contribution < -0.4 is 11.1 Å². The summed E-state index contributed by atoms with van der Waals surface area (Å²) >= 11 is 5.27. The highest BCUT2D eigenvalue weighted by molar-refractivity contribution is 9.10. The van der Waals surface area contributed by atoms with E-state index in [9.17, 15) is 0 Å². The Hall–Kier alpha value is -0.0300. The van der Waals surface area contributed by atoms with E-state index >= 15 is 0 Å². The lowest BCUT2D eigenvalue weighted by Crippen LogP contribution is -2.24. The van der Waals surface area contributed by atoms with Crippen LogP contribution in [-0.2, 0) is 0 Å². The summed E-state index contributed by atoms with van der Waals surface area (Å²) in [6, 6.07) is 8.38. The van der Waals surface area contributed by atoms with Gasteiger partial charge in [0.15, 0.2) is 0 Å². The monoisotopic (exact) mass is 274 g/mol. The van der Waals surface area contributed by atoms with Crippen molar-refractivity contribution in [2.75, 3.05) is 25.4 Å². The van der Waals surface area contributed by atoms with E-state index in [4.69, 9.17) is 5.73 Å². The molecule has 0 saturated heterocycles. The zero-order valence-corrected chi connectivity index (χ0v) is 10.4. The standard InChI is InChI=1S/C10H15BrN2S/c11-9-1-3-10(4-2-9)14-8-7-13-6-5-12/h1-4,13H,5-8,12H2.